The van der Waals surface area contributed by atoms with E-state index in [4.69, 9.17) is 5.73 Å². The number of halogens is 6. The highest BCUT2D eigenvalue weighted by Crippen LogP contribution is 2.56. The number of anilines is 1. The van der Waals surface area contributed by atoms with Gasteiger partial charge >= 0.3 is 0 Å². The summed E-state index contributed by atoms with van der Waals surface area (Å²) in [7, 11) is 0. The molecule has 188 valence electrons. The van der Waals surface area contributed by atoms with Crippen molar-refractivity contribution in [2.24, 2.45) is 0 Å². The molecule has 0 aromatic heterocycles. The fourth-order valence-electron chi connectivity index (χ4n) is 4.24. The molecule has 6 nitrogen and oxygen atoms in total. The van der Waals surface area contributed by atoms with Gasteiger partial charge in [-0.25, -0.2) is 0 Å². The Balaban J connectivity index is -0.000000114. The van der Waals surface area contributed by atoms with Gasteiger partial charge in [0.2, 0.25) is 0 Å². The van der Waals surface area contributed by atoms with E-state index >= 15 is 0 Å². The molecule has 3 aromatic carbocycles. The van der Waals surface area contributed by atoms with Gasteiger partial charge in [0.05, 0.1) is 0 Å². The van der Waals surface area contributed by atoms with Crippen molar-refractivity contribution < 1.29 is 0 Å². The predicted octanol–water partition coefficient (Wildman–Crippen LogP) is 7.60. The Labute approximate surface area is 227 Å². The fourth-order valence-corrected chi connectivity index (χ4v) is 4.24. The van der Waals surface area contributed by atoms with Crippen molar-refractivity contribution >= 4 is 80.1 Å². The second-order valence-electron chi connectivity index (χ2n) is 5.97. The molecule has 17 N–H and O–H groups in total. The lowest BCUT2D eigenvalue weighted by Crippen LogP contribution is -2.28. The lowest BCUT2D eigenvalue weighted by atomic mass is 9.61. The van der Waals surface area contributed by atoms with Crippen molar-refractivity contribution in [1.82, 2.24) is 30.8 Å². The zero-order valence-electron chi connectivity index (χ0n) is 17.6. The Kier molecular flexibility index (Phi) is 27.9. The standard InChI is InChI=1S/C20H15N.6ClH.5H3N/c21-17-11-5-10-16-18-12-6-1-3-8-14(12)19(20(16)17)15-9-4-2-7-13(15)18;;;;;;;;;;;/h1-11,18-19H,21H2;6*1H;5*1H3. The third kappa shape index (κ3) is 6.53. The minimum Gasteiger partial charge on any atom is -0.398 e. The summed E-state index contributed by atoms with van der Waals surface area (Å²) in [5, 5.41) is 0. The number of rotatable bonds is 0. The second-order valence-corrected chi connectivity index (χ2v) is 5.97. The summed E-state index contributed by atoms with van der Waals surface area (Å²) in [5.74, 6) is 0.625. The lowest BCUT2D eigenvalue weighted by molar-refractivity contribution is 0.756. The van der Waals surface area contributed by atoms with Gasteiger partial charge in [0, 0.05) is 17.5 Å². The minimum atomic E-state index is 0. The van der Waals surface area contributed by atoms with Gasteiger partial charge in [-0.15, -0.1) is 74.4 Å². The quantitative estimate of drug-likeness (QED) is 0.103. The van der Waals surface area contributed by atoms with Crippen LogP contribution in [0.2, 0.25) is 0 Å². The highest BCUT2D eigenvalue weighted by Gasteiger charge is 2.41. The molecule has 0 saturated heterocycles. The first-order valence-electron chi connectivity index (χ1n) is 7.42. The molecule has 12 heteroatoms. The van der Waals surface area contributed by atoms with Crippen LogP contribution in [-0.4, -0.2) is 0 Å². The SMILES string of the molecule is Cl.Cl.Cl.Cl.Cl.Cl.N.N.N.N.N.Nc1cccc2c1C1c3ccccc3C2c2ccccc21. The average molecular weight is 573 g/mol. The average Bonchev–Trinajstić information content (AvgIpc) is 2.55. The van der Waals surface area contributed by atoms with Crippen molar-refractivity contribution in [3.05, 3.63) is 100 Å². The molecule has 0 saturated carbocycles. The van der Waals surface area contributed by atoms with Gasteiger partial charge in [-0.05, 0) is 39.4 Å². The van der Waals surface area contributed by atoms with Gasteiger partial charge < -0.3 is 36.5 Å². The van der Waals surface area contributed by atoms with Crippen LogP contribution in [0.25, 0.3) is 0 Å². The summed E-state index contributed by atoms with van der Waals surface area (Å²) in [5.41, 5.74) is 15.7. The Bertz CT molecular complexity index is 868. The van der Waals surface area contributed by atoms with Crippen LogP contribution in [0.3, 0.4) is 0 Å². The molecule has 0 radical (unpaired) electrons. The summed E-state index contributed by atoms with van der Waals surface area (Å²) in [6.07, 6.45) is 0. The molecule has 0 amide bonds. The van der Waals surface area contributed by atoms with Crippen LogP contribution in [0.15, 0.2) is 66.7 Å². The van der Waals surface area contributed by atoms with Crippen LogP contribution in [0.1, 0.15) is 45.2 Å². The van der Waals surface area contributed by atoms with Crippen LogP contribution in [0.5, 0.6) is 0 Å². The Morgan fingerprint density at radius 2 is 0.719 bits per heavy atom. The molecule has 0 fully saturated rings. The Morgan fingerprint density at radius 3 is 1.09 bits per heavy atom. The van der Waals surface area contributed by atoms with E-state index in [0.29, 0.717) is 11.8 Å². The second kappa shape index (κ2) is 18.4. The van der Waals surface area contributed by atoms with E-state index < -0.39 is 0 Å². The summed E-state index contributed by atoms with van der Waals surface area (Å²) < 4.78 is 0. The van der Waals surface area contributed by atoms with Crippen LogP contribution in [0.4, 0.5) is 5.69 Å². The minimum absolute atomic E-state index is 0. The number of hydrogen-bond acceptors (Lipinski definition) is 6. The van der Waals surface area contributed by atoms with Crippen LogP contribution >= 0.6 is 74.4 Å². The number of nitrogen functional groups attached to an aromatic ring is 1. The van der Waals surface area contributed by atoms with Crippen molar-refractivity contribution in [3.63, 3.8) is 0 Å². The zero-order valence-corrected chi connectivity index (χ0v) is 22.5. The molecule has 2 bridgehead atoms. The third-order valence-electron chi connectivity index (χ3n) is 5.01. The smallest absolute Gasteiger partial charge is 0.0369 e. The number of benzene rings is 3. The lowest BCUT2D eigenvalue weighted by Gasteiger charge is -2.42. The first kappa shape index (κ1) is 48.4. The molecule has 3 aliphatic rings. The van der Waals surface area contributed by atoms with Crippen LogP contribution < -0.4 is 36.5 Å². The van der Waals surface area contributed by atoms with Gasteiger partial charge in [0.1, 0.15) is 0 Å². The van der Waals surface area contributed by atoms with Crippen LogP contribution in [-0.2, 0) is 0 Å². The van der Waals surface area contributed by atoms with Crippen LogP contribution in [0, 0.1) is 0 Å². The van der Waals surface area contributed by atoms with Gasteiger partial charge in [-0.2, -0.15) is 0 Å². The van der Waals surface area contributed by atoms with E-state index in [0.717, 1.165) is 5.69 Å². The Hall–Kier alpha value is -1.00. The summed E-state index contributed by atoms with van der Waals surface area (Å²) in [6, 6.07) is 24.0. The van der Waals surface area contributed by atoms with Gasteiger partial charge in [0.25, 0.3) is 0 Å². The van der Waals surface area contributed by atoms with Gasteiger partial charge in [0.15, 0.2) is 0 Å². The van der Waals surface area contributed by atoms with Crippen molar-refractivity contribution in [1.29, 1.82) is 0 Å². The fraction of sp³-hybridized carbons (Fsp3) is 0.100. The largest absolute Gasteiger partial charge is 0.398 e. The van der Waals surface area contributed by atoms with Gasteiger partial charge in [-0.3, -0.25) is 0 Å². The van der Waals surface area contributed by atoms with E-state index in [2.05, 4.69) is 60.7 Å². The van der Waals surface area contributed by atoms with E-state index in [1.807, 2.05) is 6.07 Å². The normalized spacial score (nSPS) is 13.5. The Morgan fingerprint density at radius 1 is 0.406 bits per heavy atom. The van der Waals surface area contributed by atoms with Crippen molar-refractivity contribution in [2.75, 3.05) is 5.73 Å². The maximum absolute atomic E-state index is 6.34. The first-order valence-corrected chi connectivity index (χ1v) is 7.42. The molecule has 32 heavy (non-hydrogen) atoms. The molecule has 0 spiro atoms. The summed E-state index contributed by atoms with van der Waals surface area (Å²) in [6.45, 7) is 0. The zero-order chi connectivity index (χ0) is 14.0. The van der Waals surface area contributed by atoms with Crippen molar-refractivity contribution in [2.45, 2.75) is 11.8 Å². The topological polar surface area (TPSA) is 201 Å². The maximum Gasteiger partial charge on any atom is 0.0369 e. The van der Waals surface area contributed by atoms with E-state index in [1.54, 1.807) is 0 Å². The molecule has 3 aromatic rings. The highest BCUT2D eigenvalue weighted by atomic mass is 35.5. The molecule has 0 aliphatic heterocycles. The predicted molar refractivity (Wildman–Crippen MR) is 154 cm³/mol. The van der Waals surface area contributed by atoms with E-state index in [-0.39, 0.29) is 105 Å². The summed E-state index contributed by atoms with van der Waals surface area (Å²) >= 11 is 0. The van der Waals surface area contributed by atoms with Crippen molar-refractivity contribution in [3.8, 4) is 0 Å². The molecule has 6 rings (SSSR count). The number of nitrogens with two attached hydrogens (primary N) is 1. The van der Waals surface area contributed by atoms with E-state index in [1.165, 1.54) is 33.4 Å². The molecule has 0 atom stereocenters. The van der Waals surface area contributed by atoms with E-state index in [9.17, 15) is 0 Å². The third-order valence-corrected chi connectivity index (χ3v) is 5.01. The van der Waals surface area contributed by atoms with Gasteiger partial charge in [-0.1, -0.05) is 60.7 Å². The molecule has 0 heterocycles. The highest BCUT2D eigenvalue weighted by molar-refractivity contribution is 5.86. The first-order chi connectivity index (χ1) is 10.4. The number of hydrogen-bond donors (Lipinski definition) is 6. The maximum atomic E-state index is 6.34. The monoisotopic (exact) mass is 570 g/mol. The molecular formula is C20H36Cl6N6. The molecular weight excluding hydrogens is 537 g/mol. The molecule has 0 unspecified atom stereocenters. The molecule has 3 aliphatic carbocycles. The summed E-state index contributed by atoms with van der Waals surface area (Å²) in [4.78, 5) is 0.